The molecule has 0 aliphatic rings. The molecule has 0 saturated carbocycles. The van der Waals surface area contributed by atoms with Crippen molar-refractivity contribution in [3.8, 4) is 32.8 Å². The monoisotopic (exact) mass is 502 g/mol. The van der Waals surface area contributed by atoms with Gasteiger partial charge < -0.3 is 15.2 Å². The van der Waals surface area contributed by atoms with Gasteiger partial charge in [-0.2, -0.15) is 8.78 Å². The predicted molar refractivity (Wildman–Crippen MR) is 124 cm³/mol. The molecule has 0 fully saturated rings. The lowest BCUT2D eigenvalue weighted by Crippen LogP contribution is -2.16. The summed E-state index contributed by atoms with van der Waals surface area (Å²) in [7, 11) is 0. The maximum Gasteiger partial charge on any atom is 0.387 e. The number of nitrogens with two attached hydrogens (primary N) is 1. The molecule has 174 valence electrons. The zero-order chi connectivity index (χ0) is 24.2. The number of aromatic nitrogens is 3. The molecular weight excluding hydrogens is 486 g/mol. The summed E-state index contributed by atoms with van der Waals surface area (Å²) in [5.41, 5.74) is 7.84. The SMILES string of the molecule is Cc1cc(-c2ccccc2OC(F)F)c(C(N)=O)c(-c2nnc(OCc3ccc(Cl)cc3)s2)n1. The fourth-order valence-corrected chi connectivity index (χ4v) is 4.08. The molecule has 0 saturated heterocycles. The Labute approximate surface area is 202 Å². The van der Waals surface area contributed by atoms with Crippen molar-refractivity contribution in [3.63, 3.8) is 0 Å². The van der Waals surface area contributed by atoms with E-state index in [1.54, 1.807) is 43.3 Å². The van der Waals surface area contributed by atoms with Crippen molar-refractivity contribution in [2.45, 2.75) is 20.1 Å². The number of rotatable bonds is 8. The minimum atomic E-state index is -3.04. The molecule has 0 atom stereocenters. The second-order valence-corrected chi connectivity index (χ2v) is 8.44. The average Bonchev–Trinajstić information content (AvgIpc) is 3.27. The van der Waals surface area contributed by atoms with Crippen molar-refractivity contribution < 1.29 is 23.0 Å². The number of hydrogen-bond acceptors (Lipinski definition) is 7. The molecule has 4 aromatic rings. The molecule has 11 heteroatoms. The van der Waals surface area contributed by atoms with Crippen LogP contribution in [0.1, 0.15) is 21.6 Å². The molecule has 0 aliphatic heterocycles. The van der Waals surface area contributed by atoms with Crippen LogP contribution in [0.4, 0.5) is 8.78 Å². The van der Waals surface area contributed by atoms with Crippen LogP contribution in [0, 0.1) is 6.92 Å². The Balaban J connectivity index is 1.72. The zero-order valence-electron chi connectivity index (χ0n) is 17.7. The topological polar surface area (TPSA) is 100 Å². The van der Waals surface area contributed by atoms with E-state index in [2.05, 4.69) is 19.9 Å². The summed E-state index contributed by atoms with van der Waals surface area (Å²) in [4.78, 5) is 16.9. The van der Waals surface area contributed by atoms with Crippen molar-refractivity contribution in [2.75, 3.05) is 0 Å². The fraction of sp³-hybridized carbons (Fsp3) is 0.130. The molecule has 2 heterocycles. The highest BCUT2D eigenvalue weighted by molar-refractivity contribution is 7.16. The Morgan fingerprint density at radius 1 is 1.12 bits per heavy atom. The molecule has 2 N–H and O–H groups in total. The smallest absolute Gasteiger partial charge is 0.387 e. The molecule has 2 aromatic heterocycles. The molecule has 0 radical (unpaired) electrons. The number of hydrogen-bond donors (Lipinski definition) is 1. The van der Waals surface area contributed by atoms with Crippen molar-refractivity contribution in [3.05, 3.63) is 76.4 Å². The van der Waals surface area contributed by atoms with E-state index in [4.69, 9.17) is 22.1 Å². The van der Waals surface area contributed by atoms with Crippen molar-refractivity contribution in [2.24, 2.45) is 5.73 Å². The van der Waals surface area contributed by atoms with Crippen LogP contribution in [0.5, 0.6) is 10.9 Å². The highest BCUT2D eigenvalue weighted by Gasteiger charge is 2.24. The van der Waals surface area contributed by atoms with Gasteiger partial charge in [-0.1, -0.05) is 58.4 Å². The molecule has 0 bridgehead atoms. The number of carbonyl (C=O) groups is 1. The standard InChI is InChI=1S/C23H17ClF2N4O3S/c1-12-10-16(15-4-2-3-5-17(15)33-22(25)26)18(20(27)31)19(28-12)21-29-30-23(34-21)32-11-13-6-8-14(24)9-7-13/h2-10,22H,11H2,1H3,(H2,27,31). The van der Waals surface area contributed by atoms with Gasteiger partial charge in [0, 0.05) is 21.8 Å². The number of alkyl halides is 2. The number of carbonyl (C=O) groups excluding carboxylic acids is 1. The van der Waals surface area contributed by atoms with Crippen LogP contribution in [-0.2, 0) is 6.61 Å². The molecular formula is C23H17ClF2N4O3S. The first-order chi connectivity index (χ1) is 16.3. The zero-order valence-corrected chi connectivity index (χ0v) is 19.2. The average molecular weight is 503 g/mol. The number of nitrogens with zero attached hydrogens (tertiary/aromatic N) is 3. The second-order valence-electron chi connectivity index (χ2n) is 7.06. The van der Waals surface area contributed by atoms with Crippen molar-refractivity contribution in [1.82, 2.24) is 15.2 Å². The number of aryl methyl sites for hydroxylation is 1. The van der Waals surface area contributed by atoms with Crippen LogP contribution in [0.3, 0.4) is 0 Å². The number of pyridine rings is 1. The van der Waals surface area contributed by atoms with Crippen molar-refractivity contribution in [1.29, 1.82) is 0 Å². The quantitative estimate of drug-likeness (QED) is 0.341. The van der Waals surface area contributed by atoms with Gasteiger partial charge >= 0.3 is 6.61 Å². The number of halogens is 3. The van der Waals surface area contributed by atoms with Crippen LogP contribution in [0.15, 0.2) is 54.6 Å². The lowest BCUT2D eigenvalue weighted by atomic mass is 9.96. The lowest BCUT2D eigenvalue weighted by Gasteiger charge is -2.15. The summed E-state index contributed by atoms with van der Waals surface area (Å²) < 4.78 is 36.2. The third kappa shape index (κ3) is 5.29. The molecule has 0 spiro atoms. The van der Waals surface area contributed by atoms with E-state index in [1.807, 2.05) is 12.1 Å². The van der Waals surface area contributed by atoms with Gasteiger partial charge in [0.15, 0.2) is 5.01 Å². The van der Waals surface area contributed by atoms with Gasteiger partial charge in [0.05, 0.1) is 5.56 Å². The summed E-state index contributed by atoms with van der Waals surface area (Å²) in [6, 6.07) is 14.9. The normalized spacial score (nSPS) is 11.0. The van der Waals surface area contributed by atoms with Gasteiger partial charge in [-0.05, 0) is 36.8 Å². The molecule has 0 unspecified atom stereocenters. The van der Waals surface area contributed by atoms with Gasteiger partial charge in [0.1, 0.15) is 18.1 Å². The first-order valence-corrected chi connectivity index (χ1v) is 11.1. The second kappa shape index (κ2) is 10.1. The van der Waals surface area contributed by atoms with E-state index in [0.29, 0.717) is 16.3 Å². The van der Waals surface area contributed by atoms with Gasteiger partial charge in [0.2, 0.25) is 0 Å². The van der Waals surface area contributed by atoms with E-state index in [-0.39, 0.29) is 39.4 Å². The summed E-state index contributed by atoms with van der Waals surface area (Å²) in [6.07, 6.45) is 0. The molecule has 1 amide bonds. The van der Waals surface area contributed by atoms with Crippen LogP contribution in [-0.4, -0.2) is 27.7 Å². The minimum Gasteiger partial charge on any atom is -0.464 e. The molecule has 34 heavy (non-hydrogen) atoms. The van der Waals surface area contributed by atoms with E-state index >= 15 is 0 Å². The van der Waals surface area contributed by atoms with Gasteiger partial charge in [-0.25, -0.2) is 4.98 Å². The maximum absolute atomic E-state index is 13.0. The van der Waals surface area contributed by atoms with Gasteiger partial charge in [-0.15, -0.1) is 5.10 Å². The van der Waals surface area contributed by atoms with Gasteiger partial charge in [-0.3, -0.25) is 4.79 Å². The number of amides is 1. The first-order valence-electron chi connectivity index (χ1n) is 9.88. The van der Waals surface area contributed by atoms with E-state index < -0.39 is 12.5 Å². The highest BCUT2D eigenvalue weighted by Crippen LogP contribution is 2.38. The largest absolute Gasteiger partial charge is 0.464 e. The van der Waals surface area contributed by atoms with Gasteiger partial charge in [0.25, 0.3) is 11.1 Å². The third-order valence-corrected chi connectivity index (χ3v) is 5.77. The summed E-state index contributed by atoms with van der Waals surface area (Å²) >= 11 is 6.97. The van der Waals surface area contributed by atoms with E-state index in [0.717, 1.165) is 16.9 Å². The Bertz CT molecular complexity index is 1330. The molecule has 4 rings (SSSR count). The molecule has 0 aliphatic carbocycles. The van der Waals surface area contributed by atoms with Crippen LogP contribution in [0.2, 0.25) is 5.02 Å². The van der Waals surface area contributed by atoms with Crippen LogP contribution >= 0.6 is 22.9 Å². The Kier molecular flexibility index (Phi) is 6.99. The number of ether oxygens (including phenoxy) is 2. The Morgan fingerprint density at radius 2 is 1.85 bits per heavy atom. The number of primary amides is 1. The predicted octanol–water partition coefficient (Wildman–Crippen LogP) is 5.51. The lowest BCUT2D eigenvalue weighted by molar-refractivity contribution is -0.0494. The highest BCUT2D eigenvalue weighted by atomic mass is 35.5. The molecule has 7 nitrogen and oxygen atoms in total. The minimum absolute atomic E-state index is 0.0105. The first kappa shape index (κ1) is 23.5. The Hall–Kier alpha value is -3.63. The maximum atomic E-state index is 13.0. The molecule has 2 aromatic carbocycles. The van der Waals surface area contributed by atoms with Crippen molar-refractivity contribution >= 4 is 28.8 Å². The van der Waals surface area contributed by atoms with Crippen LogP contribution < -0.4 is 15.2 Å². The summed E-state index contributed by atoms with van der Waals surface area (Å²) in [5.74, 6) is -0.899. The fourth-order valence-electron chi connectivity index (χ4n) is 3.27. The third-order valence-electron chi connectivity index (χ3n) is 4.67. The summed E-state index contributed by atoms with van der Waals surface area (Å²) in [6.45, 7) is -1.10. The van der Waals surface area contributed by atoms with E-state index in [1.165, 1.54) is 6.07 Å². The van der Waals surface area contributed by atoms with Crippen LogP contribution in [0.25, 0.3) is 21.8 Å². The van der Waals surface area contributed by atoms with E-state index in [9.17, 15) is 13.6 Å². The number of benzene rings is 2. The number of para-hydroxylation sites is 1. The Morgan fingerprint density at radius 3 is 2.56 bits per heavy atom. The summed E-state index contributed by atoms with van der Waals surface area (Å²) in [5, 5.41) is 9.28.